The van der Waals surface area contributed by atoms with E-state index in [1.165, 1.54) is 0 Å². The summed E-state index contributed by atoms with van der Waals surface area (Å²) in [5.41, 5.74) is 3.41. The third kappa shape index (κ3) is 6.69. The van der Waals surface area contributed by atoms with Crippen LogP contribution in [0.4, 0.5) is 5.69 Å². The molecule has 0 aliphatic carbocycles. The fourth-order valence-corrected chi connectivity index (χ4v) is 3.59. The number of hydrogen-bond acceptors (Lipinski definition) is 4. The molecule has 0 spiro atoms. The van der Waals surface area contributed by atoms with E-state index in [4.69, 9.17) is 4.74 Å². The number of rotatable bonds is 9. The number of aryl methyl sites for hydroxylation is 2. The zero-order chi connectivity index (χ0) is 19.9. The Bertz CT molecular complexity index is 867. The van der Waals surface area contributed by atoms with Crippen molar-refractivity contribution in [3.63, 3.8) is 0 Å². The minimum Gasteiger partial charge on any atom is -0.375 e. The van der Waals surface area contributed by atoms with E-state index < -0.39 is 10.0 Å². The molecule has 6 nitrogen and oxygen atoms in total. The SMILES string of the molecule is Cc1ccc(N(CC(=O)NCCOCc2ccccc2)S(C)(=O)=O)c(C)c1. The normalized spacial score (nSPS) is 11.2. The molecule has 0 saturated carbocycles. The van der Waals surface area contributed by atoms with E-state index in [0.717, 1.165) is 27.3 Å². The predicted molar refractivity (Wildman–Crippen MR) is 107 cm³/mol. The van der Waals surface area contributed by atoms with Gasteiger partial charge < -0.3 is 10.1 Å². The summed E-state index contributed by atoms with van der Waals surface area (Å²) in [5, 5.41) is 2.70. The van der Waals surface area contributed by atoms with Gasteiger partial charge >= 0.3 is 0 Å². The van der Waals surface area contributed by atoms with Gasteiger partial charge in [0.25, 0.3) is 0 Å². The highest BCUT2D eigenvalue weighted by Crippen LogP contribution is 2.23. The minimum absolute atomic E-state index is 0.262. The van der Waals surface area contributed by atoms with Gasteiger partial charge in [0.2, 0.25) is 15.9 Å². The second kappa shape index (κ2) is 9.53. The first kappa shape index (κ1) is 20.9. The molecule has 0 atom stereocenters. The summed E-state index contributed by atoms with van der Waals surface area (Å²) < 4.78 is 31.0. The van der Waals surface area contributed by atoms with Crippen molar-refractivity contribution < 1.29 is 17.9 Å². The zero-order valence-electron chi connectivity index (χ0n) is 15.9. The number of amides is 1. The van der Waals surface area contributed by atoms with Crippen LogP contribution in [0.5, 0.6) is 0 Å². The molecule has 0 aliphatic heterocycles. The molecule has 146 valence electrons. The van der Waals surface area contributed by atoms with Gasteiger partial charge in [-0.1, -0.05) is 48.0 Å². The van der Waals surface area contributed by atoms with Crippen LogP contribution in [0.1, 0.15) is 16.7 Å². The van der Waals surface area contributed by atoms with Crippen LogP contribution in [0.2, 0.25) is 0 Å². The molecule has 7 heteroatoms. The average molecular weight is 391 g/mol. The zero-order valence-corrected chi connectivity index (χ0v) is 16.8. The maximum absolute atomic E-state index is 12.2. The molecule has 2 rings (SSSR count). The fraction of sp³-hybridized carbons (Fsp3) is 0.350. The van der Waals surface area contributed by atoms with Gasteiger partial charge in [-0.15, -0.1) is 0 Å². The Balaban J connectivity index is 1.87. The topological polar surface area (TPSA) is 75.7 Å². The molecule has 27 heavy (non-hydrogen) atoms. The first-order valence-electron chi connectivity index (χ1n) is 8.70. The third-order valence-corrected chi connectivity index (χ3v) is 5.12. The molecular weight excluding hydrogens is 364 g/mol. The smallest absolute Gasteiger partial charge is 0.240 e. The molecule has 2 aromatic rings. The van der Waals surface area contributed by atoms with Crippen LogP contribution in [0.3, 0.4) is 0 Å². The average Bonchev–Trinajstić information content (AvgIpc) is 2.60. The highest BCUT2D eigenvalue weighted by molar-refractivity contribution is 7.92. The lowest BCUT2D eigenvalue weighted by Gasteiger charge is -2.24. The number of nitrogens with one attached hydrogen (secondary N) is 1. The number of hydrogen-bond donors (Lipinski definition) is 1. The van der Waals surface area contributed by atoms with Crippen molar-refractivity contribution >= 4 is 21.6 Å². The van der Waals surface area contributed by atoms with Crippen molar-refractivity contribution in [2.24, 2.45) is 0 Å². The molecule has 1 N–H and O–H groups in total. The number of benzene rings is 2. The lowest BCUT2D eigenvalue weighted by Crippen LogP contribution is -2.41. The number of ether oxygens (including phenoxy) is 1. The maximum atomic E-state index is 12.2. The van der Waals surface area contributed by atoms with Crippen LogP contribution in [0, 0.1) is 13.8 Å². The first-order valence-corrected chi connectivity index (χ1v) is 10.6. The van der Waals surface area contributed by atoms with Crippen molar-refractivity contribution in [2.45, 2.75) is 20.5 Å². The van der Waals surface area contributed by atoms with E-state index in [2.05, 4.69) is 5.32 Å². The number of carbonyl (C=O) groups excluding carboxylic acids is 1. The van der Waals surface area contributed by atoms with Crippen molar-refractivity contribution in [1.29, 1.82) is 0 Å². The standard InChI is InChI=1S/C20H26N2O4S/c1-16-9-10-19(17(2)13-16)22(27(3,24)25)14-20(23)21-11-12-26-15-18-7-5-4-6-8-18/h4-10,13H,11-12,14-15H2,1-3H3,(H,21,23). The molecule has 0 heterocycles. The van der Waals surface area contributed by atoms with Gasteiger partial charge in [-0.05, 0) is 31.0 Å². The molecule has 0 aromatic heterocycles. The van der Waals surface area contributed by atoms with Crippen molar-refractivity contribution in [3.8, 4) is 0 Å². The summed E-state index contributed by atoms with van der Waals surface area (Å²) >= 11 is 0. The van der Waals surface area contributed by atoms with Crippen molar-refractivity contribution in [3.05, 3.63) is 65.2 Å². The fourth-order valence-electron chi connectivity index (χ4n) is 2.68. The number of nitrogens with zero attached hydrogens (tertiary/aromatic N) is 1. The molecule has 0 radical (unpaired) electrons. The summed E-state index contributed by atoms with van der Waals surface area (Å²) in [6.07, 6.45) is 1.10. The van der Waals surface area contributed by atoms with Gasteiger partial charge in [-0.2, -0.15) is 0 Å². The highest BCUT2D eigenvalue weighted by atomic mass is 32.2. The van der Waals surface area contributed by atoms with E-state index in [-0.39, 0.29) is 12.5 Å². The number of carbonyl (C=O) groups is 1. The predicted octanol–water partition coefficient (Wildman–Crippen LogP) is 2.40. The Morgan fingerprint density at radius 2 is 1.81 bits per heavy atom. The quantitative estimate of drug-likeness (QED) is 0.667. The van der Waals surface area contributed by atoms with E-state index >= 15 is 0 Å². The van der Waals surface area contributed by atoms with E-state index in [1.54, 1.807) is 6.07 Å². The molecular formula is C20H26N2O4S. The Morgan fingerprint density at radius 1 is 1.11 bits per heavy atom. The van der Waals surface area contributed by atoms with Gasteiger partial charge in [-0.25, -0.2) is 8.42 Å². The lowest BCUT2D eigenvalue weighted by molar-refractivity contribution is -0.119. The van der Waals surface area contributed by atoms with Crippen LogP contribution in [0.15, 0.2) is 48.5 Å². The second-order valence-electron chi connectivity index (χ2n) is 6.45. The third-order valence-electron chi connectivity index (χ3n) is 3.99. The summed E-state index contributed by atoms with van der Waals surface area (Å²) in [5.74, 6) is -0.372. The summed E-state index contributed by atoms with van der Waals surface area (Å²) in [6, 6.07) is 15.2. The Labute approximate surface area is 161 Å². The molecule has 0 fully saturated rings. The van der Waals surface area contributed by atoms with Gasteiger partial charge in [0, 0.05) is 6.54 Å². The second-order valence-corrected chi connectivity index (χ2v) is 8.35. The van der Waals surface area contributed by atoms with Gasteiger partial charge in [0.1, 0.15) is 6.54 Å². The van der Waals surface area contributed by atoms with E-state index in [9.17, 15) is 13.2 Å². The van der Waals surface area contributed by atoms with Crippen LogP contribution < -0.4 is 9.62 Å². The first-order chi connectivity index (χ1) is 12.8. The monoisotopic (exact) mass is 390 g/mol. The van der Waals surface area contributed by atoms with E-state index in [0.29, 0.717) is 25.4 Å². The Hall–Kier alpha value is -2.38. The summed E-state index contributed by atoms with van der Waals surface area (Å²) in [7, 11) is -3.58. The molecule has 1 amide bonds. The maximum Gasteiger partial charge on any atom is 0.240 e. The van der Waals surface area contributed by atoms with Gasteiger partial charge in [0.05, 0.1) is 25.2 Å². The van der Waals surface area contributed by atoms with Crippen LogP contribution in [0.25, 0.3) is 0 Å². The molecule has 0 aliphatic rings. The summed E-state index contributed by atoms with van der Waals surface area (Å²) in [6.45, 7) is 4.63. The Kier molecular flexibility index (Phi) is 7.38. The van der Waals surface area contributed by atoms with Gasteiger partial charge in [-0.3, -0.25) is 9.10 Å². The Morgan fingerprint density at radius 3 is 2.44 bits per heavy atom. The van der Waals surface area contributed by atoms with Gasteiger partial charge in [0.15, 0.2) is 0 Å². The summed E-state index contributed by atoms with van der Waals surface area (Å²) in [4.78, 5) is 12.2. The minimum atomic E-state index is -3.58. The van der Waals surface area contributed by atoms with Crippen LogP contribution >= 0.6 is 0 Å². The molecule has 0 bridgehead atoms. The highest BCUT2D eigenvalue weighted by Gasteiger charge is 2.22. The van der Waals surface area contributed by atoms with Crippen LogP contribution in [-0.2, 0) is 26.2 Å². The number of anilines is 1. The lowest BCUT2D eigenvalue weighted by atomic mass is 10.1. The van der Waals surface area contributed by atoms with E-state index in [1.807, 2.05) is 56.3 Å². The molecule has 2 aromatic carbocycles. The molecule has 0 unspecified atom stereocenters. The largest absolute Gasteiger partial charge is 0.375 e. The van der Waals surface area contributed by atoms with Crippen molar-refractivity contribution in [2.75, 3.05) is 30.3 Å². The van der Waals surface area contributed by atoms with Crippen molar-refractivity contribution in [1.82, 2.24) is 5.32 Å². The molecule has 0 saturated heterocycles. The number of sulfonamides is 1. The van der Waals surface area contributed by atoms with Crippen LogP contribution in [-0.4, -0.2) is 40.3 Å².